The lowest BCUT2D eigenvalue weighted by Crippen LogP contribution is -1.96. The summed E-state index contributed by atoms with van der Waals surface area (Å²) in [4.78, 5) is 9.22. The highest BCUT2D eigenvalue weighted by molar-refractivity contribution is 7.21. The summed E-state index contributed by atoms with van der Waals surface area (Å²) in [6.45, 7) is 7.85. The van der Waals surface area contributed by atoms with Crippen LogP contribution in [0, 0.1) is 0 Å². The Morgan fingerprint density at radius 3 is 2.42 bits per heavy atom. The highest BCUT2D eigenvalue weighted by Gasteiger charge is 2.13. The summed E-state index contributed by atoms with van der Waals surface area (Å²) in [7, 11) is 0. The minimum atomic E-state index is 0.937. The van der Waals surface area contributed by atoms with Crippen LogP contribution < -0.4 is 0 Å². The van der Waals surface area contributed by atoms with Crippen molar-refractivity contribution in [2.45, 2.75) is 12.8 Å². The van der Waals surface area contributed by atoms with Crippen molar-refractivity contribution in [1.82, 2.24) is 4.98 Å². The first-order chi connectivity index (χ1) is 21.2. The molecule has 0 spiro atoms. The Kier molecular flexibility index (Phi) is 7.24. The van der Waals surface area contributed by atoms with Gasteiger partial charge in [-0.05, 0) is 86.3 Å². The van der Waals surface area contributed by atoms with E-state index in [9.17, 15) is 0 Å². The first-order valence-electron chi connectivity index (χ1n) is 14.5. The molecular formula is C40H30N2S. The first-order valence-corrected chi connectivity index (χ1v) is 15.3. The van der Waals surface area contributed by atoms with Crippen molar-refractivity contribution in [3.63, 3.8) is 0 Å². The topological polar surface area (TPSA) is 25.2 Å². The van der Waals surface area contributed by atoms with E-state index in [1.807, 2.05) is 0 Å². The zero-order valence-corrected chi connectivity index (χ0v) is 24.6. The molecule has 1 aromatic heterocycles. The number of rotatable bonds is 7. The molecule has 0 unspecified atom stereocenters. The maximum absolute atomic E-state index is 5.07. The molecule has 0 radical (unpaired) electrons. The third-order valence-corrected chi connectivity index (χ3v) is 9.09. The molecule has 206 valence electrons. The van der Waals surface area contributed by atoms with E-state index in [1.54, 1.807) is 23.8 Å². The van der Waals surface area contributed by atoms with Gasteiger partial charge in [0, 0.05) is 18.0 Å². The number of thiazole rings is 1. The van der Waals surface area contributed by atoms with Crippen LogP contribution in [-0.4, -0.2) is 11.2 Å². The van der Waals surface area contributed by atoms with Crippen molar-refractivity contribution in [3.05, 3.63) is 157 Å². The third-order valence-electron chi connectivity index (χ3n) is 8.01. The van der Waals surface area contributed by atoms with Gasteiger partial charge in [0.2, 0.25) is 0 Å². The zero-order chi connectivity index (χ0) is 29.2. The fourth-order valence-electron chi connectivity index (χ4n) is 5.76. The predicted octanol–water partition coefficient (Wildman–Crippen LogP) is 11.3. The van der Waals surface area contributed by atoms with E-state index in [2.05, 4.69) is 139 Å². The minimum Gasteiger partial charge on any atom is -0.265 e. The van der Waals surface area contributed by atoms with Gasteiger partial charge >= 0.3 is 0 Å². The van der Waals surface area contributed by atoms with Crippen molar-refractivity contribution in [2.24, 2.45) is 4.99 Å². The van der Waals surface area contributed by atoms with Gasteiger partial charge in [0.15, 0.2) is 0 Å². The van der Waals surface area contributed by atoms with Crippen LogP contribution >= 0.6 is 11.3 Å². The molecule has 0 N–H and O–H groups in total. The molecule has 0 bridgehead atoms. The summed E-state index contributed by atoms with van der Waals surface area (Å²) in [5, 5.41) is 3.57. The molecular weight excluding hydrogens is 541 g/mol. The summed E-state index contributed by atoms with van der Waals surface area (Å²) in [5.41, 5.74) is 11.6. The van der Waals surface area contributed by atoms with Gasteiger partial charge < -0.3 is 0 Å². The second-order valence-electron chi connectivity index (χ2n) is 10.7. The number of nitrogens with zero attached hydrogens (tertiary/aromatic N) is 2. The first kappa shape index (κ1) is 26.8. The molecule has 0 saturated carbocycles. The zero-order valence-electron chi connectivity index (χ0n) is 23.8. The molecule has 0 atom stereocenters. The Balaban J connectivity index is 1.16. The third kappa shape index (κ3) is 5.43. The van der Waals surface area contributed by atoms with Crippen LogP contribution in [0.5, 0.6) is 0 Å². The van der Waals surface area contributed by atoms with Crippen LogP contribution in [0.3, 0.4) is 0 Å². The maximum atomic E-state index is 5.07. The number of hydrogen-bond acceptors (Lipinski definition) is 3. The lowest BCUT2D eigenvalue weighted by Gasteiger charge is -2.14. The molecule has 3 heteroatoms. The van der Waals surface area contributed by atoms with Gasteiger partial charge in [-0.25, -0.2) is 4.98 Å². The highest BCUT2D eigenvalue weighted by atomic mass is 32.1. The lowest BCUT2D eigenvalue weighted by atomic mass is 9.91. The Hall–Kier alpha value is -5.12. The number of aromatic nitrogens is 1. The van der Waals surface area contributed by atoms with Crippen LogP contribution in [0.4, 0.5) is 0 Å². The van der Waals surface area contributed by atoms with E-state index >= 15 is 0 Å². The Labute approximate surface area is 256 Å². The number of aliphatic imine (C=N–C) groups is 1. The fraction of sp³-hybridized carbons (Fsp3) is 0.0500. The molecule has 2 nitrogen and oxygen atoms in total. The van der Waals surface area contributed by atoms with Gasteiger partial charge in [0.05, 0.1) is 10.2 Å². The van der Waals surface area contributed by atoms with Gasteiger partial charge in [-0.15, -0.1) is 11.3 Å². The molecule has 0 aliphatic heterocycles. The molecule has 6 aromatic rings. The summed E-state index contributed by atoms with van der Waals surface area (Å²) < 4.78 is 1.19. The van der Waals surface area contributed by atoms with Crippen LogP contribution in [0.2, 0.25) is 0 Å². The molecule has 0 amide bonds. The van der Waals surface area contributed by atoms with Crippen molar-refractivity contribution in [1.29, 1.82) is 0 Å². The van der Waals surface area contributed by atoms with Gasteiger partial charge in [0.25, 0.3) is 0 Å². The number of benzene rings is 5. The Morgan fingerprint density at radius 1 is 0.767 bits per heavy atom. The van der Waals surface area contributed by atoms with Crippen LogP contribution in [0.1, 0.15) is 18.4 Å². The van der Waals surface area contributed by atoms with Gasteiger partial charge in [-0.2, -0.15) is 0 Å². The molecule has 43 heavy (non-hydrogen) atoms. The van der Waals surface area contributed by atoms with Gasteiger partial charge in [-0.1, -0.05) is 116 Å². The van der Waals surface area contributed by atoms with E-state index in [-0.39, 0.29) is 0 Å². The summed E-state index contributed by atoms with van der Waals surface area (Å²) in [6, 6.07) is 39.2. The quantitative estimate of drug-likeness (QED) is 0.175. The monoisotopic (exact) mass is 570 g/mol. The van der Waals surface area contributed by atoms with Crippen molar-refractivity contribution < 1.29 is 0 Å². The van der Waals surface area contributed by atoms with Crippen LogP contribution in [-0.2, 0) is 0 Å². The second kappa shape index (κ2) is 11.6. The van der Waals surface area contributed by atoms with E-state index in [0.29, 0.717) is 0 Å². The van der Waals surface area contributed by atoms with E-state index in [4.69, 9.17) is 4.98 Å². The van der Waals surface area contributed by atoms with Crippen molar-refractivity contribution >= 4 is 44.1 Å². The molecule has 0 saturated heterocycles. The smallest absolute Gasteiger partial charge is 0.124 e. The molecule has 7 rings (SSSR count). The largest absolute Gasteiger partial charge is 0.265 e. The molecule has 1 aliphatic carbocycles. The van der Waals surface area contributed by atoms with Gasteiger partial charge in [-0.3, -0.25) is 4.99 Å². The van der Waals surface area contributed by atoms with Crippen molar-refractivity contribution in [3.8, 4) is 32.8 Å². The summed E-state index contributed by atoms with van der Waals surface area (Å²) in [5.74, 6) is 0. The fourth-order valence-corrected chi connectivity index (χ4v) is 6.71. The van der Waals surface area contributed by atoms with Crippen LogP contribution in [0.25, 0.3) is 59.4 Å². The average molecular weight is 571 g/mol. The molecule has 1 aliphatic rings. The normalized spacial score (nSPS) is 13.3. The standard InChI is InChI=1S/C40H30N2S/c1-3-41-26-27(2)31-11-6-12-32(23-31)33-13-7-14-35(24-33)40-42-38-25-34(21-22-39(38)43-40)28-17-19-30(20-18-28)37-16-8-10-29-9-4-5-15-36(29)37/h3-5,7-10,12-26H,1-2,6,11H2. The summed E-state index contributed by atoms with van der Waals surface area (Å²) >= 11 is 1.74. The predicted molar refractivity (Wildman–Crippen MR) is 187 cm³/mol. The number of hydrogen-bond donors (Lipinski definition) is 0. The minimum absolute atomic E-state index is 0.937. The molecule has 1 heterocycles. The second-order valence-corrected chi connectivity index (χ2v) is 11.8. The van der Waals surface area contributed by atoms with Crippen molar-refractivity contribution in [2.75, 3.05) is 0 Å². The maximum Gasteiger partial charge on any atom is 0.124 e. The highest BCUT2D eigenvalue weighted by Crippen LogP contribution is 2.36. The molecule has 5 aromatic carbocycles. The Morgan fingerprint density at radius 2 is 1.53 bits per heavy atom. The van der Waals surface area contributed by atoms with E-state index in [1.165, 1.54) is 54.4 Å². The van der Waals surface area contributed by atoms with Crippen LogP contribution in [0.15, 0.2) is 157 Å². The number of fused-ring (bicyclic) bond motifs is 2. The summed E-state index contributed by atoms with van der Waals surface area (Å²) in [6.07, 6.45) is 9.81. The Bertz CT molecular complexity index is 2100. The number of allylic oxidation sites excluding steroid dienone is 5. The lowest BCUT2D eigenvalue weighted by molar-refractivity contribution is 0.988. The van der Waals surface area contributed by atoms with Gasteiger partial charge in [0.1, 0.15) is 5.01 Å². The average Bonchev–Trinajstić information content (AvgIpc) is 3.51. The SMILES string of the molecule is C=CN=CC(=C)C1=CC(c2cccc(-c3nc4cc(-c5ccc(-c6cccc7ccccc67)cc5)ccc4s3)c2)=CCC1. The molecule has 0 fully saturated rings. The van der Waals surface area contributed by atoms with E-state index in [0.717, 1.165) is 34.5 Å². The van der Waals surface area contributed by atoms with E-state index < -0.39 is 0 Å².